The molecule has 0 radical (unpaired) electrons. The van der Waals surface area contributed by atoms with Crippen LogP contribution in [0.2, 0.25) is 5.02 Å². The molecule has 5 nitrogen and oxygen atoms in total. The van der Waals surface area contributed by atoms with Crippen LogP contribution in [0.1, 0.15) is 37.8 Å². The van der Waals surface area contributed by atoms with Crippen LogP contribution in [0.25, 0.3) is 0 Å². The Morgan fingerprint density at radius 3 is 2.38 bits per heavy atom. The lowest BCUT2D eigenvalue weighted by atomic mass is 10.1. The van der Waals surface area contributed by atoms with Gasteiger partial charge in [0.15, 0.2) is 0 Å². The summed E-state index contributed by atoms with van der Waals surface area (Å²) in [7, 11) is 0. The van der Waals surface area contributed by atoms with Gasteiger partial charge in [0.1, 0.15) is 0 Å². The molecule has 0 unspecified atom stereocenters. The van der Waals surface area contributed by atoms with Crippen molar-refractivity contribution in [2.24, 2.45) is 0 Å². The predicted molar refractivity (Wildman–Crippen MR) is 78.6 cm³/mol. The third-order valence-corrected chi connectivity index (χ3v) is 3.72. The quantitative estimate of drug-likeness (QED) is 0.847. The van der Waals surface area contributed by atoms with Gasteiger partial charge in [-0.05, 0) is 24.6 Å². The van der Waals surface area contributed by atoms with Gasteiger partial charge < -0.3 is 5.32 Å². The van der Waals surface area contributed by atoms with Crippen molar-refractivity contribution < 1.29 is 14.4 Å². The van der Waals surface area contributed by atoms with Crippen LogP contribution in [-0.4, -0.2) is 29.2 Å². The molecule has 1 aliphatic heterocycles. The Labute approximate surface area is 128 Å². The molecule has 1 N–H and O–H groups in total. The van der Waals surface area contributed by atoms with E-state index >= 15 is 0 Å². The van der Waals surface area contributed by atoms with Crippen molar-refractivity contribution in [3.63, 3.8) is 0 Å². The van der Waals surface area contributed by atoms with Gasteiger partial charge in [0, 0.05) is 30.8 Å². The molecule has 1 fully saturated rings. The van der Waals surface area contributed by atoms with Gasteiger partial charge in [-0.25, -0.2) is 0 Å². The lowest BCUT2D eigenvalue weighted by molar-refractivity contribution is -0.138. The number of amides is 3. The predicted octanol–water partition coefficient (Wildman–Crippen LogP) is 2.06. The van der Waals surface area contributed by atoms with Gasteiger partial charge in [-0.2, -0.15) is 0 Å². The van der Waals surface area contributed by atoms with Crippen molar-refractivity contribution >= 4 is 29.3 Å². The number of hydrogen-bond acceptors (Lipinski definition) is 3. The van der Waals surface area contributed by atoms with Crippen molar-refractivity contribution in [2.45, 2.75) is 32.2 Å². The van der Waals surface area contributed by atoms with Crippen molar-refractivity contribution in [3.8, 4) is 0 Å². The number of nitrogens with one attached hydrogen (secondary N) is 1. The van der Waals surface area contributed by atoms with Crippen LogP contribution in [0.3, 0.4) is 0 Å². The molecule has 1 heterocycles. The number of carbonyl (C=O) groups is 3. The fourth-order valence-corrected chi connectivity index (χ4v) is 2.36. The molecule has 21 heavy (non-hydrogen) atoms. The number of halogens is 1. The molecule has 1 atom stereocenters. The van der Waals surface area contributed by atoms with Crippen molar-refractivity contribution in [1.29, 1.82) is 0 Å². The second-order valence-corrected chi connectivity index (χ2v) is 5.47. The van der Waals surface area contributed by atoms with E-state index in [0.717, 1.165) is 10.5 Å². The van der Waals surface area contributed by atoms with E-state index in [2.05, 4.69) is 5.32 Å². The second-order valence-electron chi connectivity index (χ2n) is 5.03. The van der Waals surface area contributed by atoms with Crippen LogP contribution in [-0.2, 0) is 14.4 Å². The SMILES string of the molecule is C[C@H](NC(=O)CCN1C(=O)CCC1=O)c1ccc(Cl)cc1. The number of nitrogens with zero attached hydrogens (tertiary/aromatic N) is 1. The van der Waals surface area contributed by atoms with Gasteiger partial charge in [0.2, 0.25) is 17.7 Å². The number of imide groups is 1. The summed E-state index contributed by atoms with van der Waals surface area (Å²) >= 11 is 5.82. The van der Waals surface area contributed by atoms with Crippen molar-refractivity contribution in [2.75, 3.05) is 6.54 Å². The fraction of sp³-hybridized carbons (Fsp3) is 0.400. The Morgan fingerprint density at radius 1 is 1.24 bits per heavy atom. The van der Waals surface area contributed by atoms with Gasteiger partial charge >= 0.3 is 0 Å². The third kappa shape index (κ3) is 4.04. The van der Waals surface area contributed by atoms with E-state index < -0.39 is 0 Å². The fourth-order valence-electron chi connectivity index (χ4n) is 2.23. The van der Waals surface area contributed by atoms with Crippen LogP contribution in [0, 0.1) is 0 Å². The Balaban J connectivity index is 1.83. The molecule has 2 rings (SSSR count). The maximum atomic E-state index is 11.9. The summed E-state index contributed by atoms with van der Waals surface area (Å²) < 4.78 is 0. The molecule has 112 valence electrons. The first-order valence-corrected chi connectivity index (χ1v) is 7.23. The van der Waals surface area contributed by atoms with Gasteiger partial charge in [0.05, 0.1) is 6.04 Å². The summed E-state index contributed by atoms with van der Waals surface area (Å²) in [6.45, 7) is 2.02. The smallest absolute Gasteiger partial charge is 0.229 e. The van der Waals surface area contributed by atoms with Gasteiger partial charge in [-0.3, -0.25) is 19.3 Å². The Morgan fingerprint density at radius 2 is 1.81 bits per heavy atom. The van der Waals surface area contributed by atoms with E-state index in [1.807, 2.05) is 19.1 Å². The topological polar surface area (TPSA) is 66.5 Å². The zero-order chi connectivity index (χ0) is 15.4. The Kier molecular flexibility index (Phi) is 4.96. The van der Waals surface area contributed by atoms with E-state index in [1.165, 1.54) is 0 Å². The highest BCUT2D eigenvalue weighted by atomic mass is 35.5. The molecule has 3 amide bonds. The maximum Gasteiger partial charge on any atom is 0.229 e. The number of rotatable bonds is 5. The Bertz CT molecular complexity index is 541. The minimum absolute atomic E-state index is 0.120. The highest BCUT2D eigenvalue weighted by Gasteiger charge is 2.28. The molecule has 0 saturated carbocycles. The van der Waals surface area contributed by atoms with Gasteiger partial charge in [-0.15, -0.1) is 0 Å². The molecule has 0 aliphatic carbocycles. The molecule has 0 spiro atoms. The highest BCUT2D eigenvalue weighted by molar-refractivity contribution is 6.30. The number of hydrogen-bond donors (Lipinski definition) is 1. The van der Waals surface area contributed by atoms with E-state index in [0.29, 0.717) is 5.02 Å². The van der Waals surface area contributed by atoms with Crippen LogP contribution in [0.5, 0.6) is 0 Å². The molecule has 1 aromatic carbocycles. The van der Waals surface area contributed by atoms with E-state index in [1.54, 1.807) is 12.1 Å². The molecular formula is C15H17ClN2O3. The first kappa shape index (κ1) is 15.5. The van der Waals surface area contributed by atoms with Gasteiger partial charge in [-0.1, -0.05) is 23.7 Å². The summed E-state index contributed by atoms with van der Waals surface area (Å²) in [5.74, 6) is -0.581. The summed E-state index contributed by atoms with van der Waals surface area (Å²) in [6.07, 6.45) is 0.624. The summed E-state index contributed by atoms with van der Waals surface area (Å²) in [6, 6.07) is 7.07. The first-order chi connectivity index (χ1) is 9.97. The van der Waals surface area contributed by atoms with E-state index in [9.17, 15) is 14.4 Å². The molecule has 0 aromatic heterocycles. The second kappa shape index (κ2) is 6.72. The minimum atomic E-state index is -0.196. The monoisotopic (exact) mass is 308 g/mol. The minimum Gasteiger partial charge on any atom is -0.350 e. The number of benzene rings is 1. The standard InChI is InChI=1S/C15H17ClN2O3/c1-10(11-2-4-12(16)5-3-11)17-13(19)8-9-18-14(20)6-7-15(18)21/h2-5,10H,6-9H2,1H3,(H,17,19)/t10-/m0/s1. The molecular weight excluding hydrogens is 292 g/mol. The van der Waals surface area contributed by atoms with Gasteiger partial charge in [0.25, 0.3) is 0 Å². The van der Waals surface area contributed by atoms with Crippen molar-refractivity contribution in [3.05, 3.63) is 34.9 Å². The lowest BCUT2D eigenvalue weighted by Crippen LogP contribution is -2.34. The highest BCUT2D eigenvalue weighted by Crippen LogP contribution is 2.16. The van der Waals surface area contributed by atoms with Crippen molar-refractivity contribution in [1.82, 2.24) is 10.2 Å². The molecule has 1 aliphatic rings. The third-order valence-electron chi connectivity index (χ3n) is 3.46. The van der Waals surface area contributed by atoms with E-state index in [-0.39, 0.29) is 49.6 Å². The molecule has 6 heteroatoms. The normalized spacial score (nSPS) is 16.2. The molecule has 1 saturated heterocycles. The summed E-state index contributed by atoms with van der Waals surface area (Å²) in [5.41, 5.74) is 0.945. The lowest BCUT2D eigenvalue weighted by Gasteiger charge is -2.17. The Hall–Kier alpha value is -1.88. The average molecular weight is 309 g/mol. The van der Waals surface area contributed by atoms with Crippen LogP contribution >= 0.6 is 11.6 Å². The zero-order valence-electron chi connectivity index (χ0n) is 11.8. The molecule has 1 aromatic rings. The van der Waals surface area contributed by atoms with E-state index in [4.69, 9.17) is 11.6 Å². The zero-order valence-corrected chi connectivity index (χ0v) is 12.5. The largest absolute Gasteiger partial charge is 0.350 e. The number of likely N-dealkylation sites (tertiary alicyclic amines) is 1. The average Bonchev–Trinajstić information content (AvgIpc) is 2.76. The summed E-state index contributed by atoms with van der Waals surface area (Å²) in [4.78, 5) is 35.9. The number of carbonyl (C=O) groups excluding carboxylic acids is 3. The maximum absolute atomic E-state index is 11.9. The van der Waals surface area contributed by atoms with Crippen LogP contribution < -0.4 is 5.32 Å². The van der Waals surface area contributed by atoms with Crippen LogP contribution in [0.15, 0.2) is 24.3 Å². The first-order valence-electron chi connectivity index (χ1n) is 6.85. The van der Waals surface area contributed by atoms with Crippen LogP contribution in [0.4, 0.5) is 0 Å². The summed E-state index contributed by atoms with van der Waals surface area (Å²) in [5, 5.41) is 3.48. The molecule has 0 bridgehead atoms.